The zero-order chi connectivity index (χ0) is 12.6. The van der Waals surface area contributed by atoms with Crippen molar-refractivity contribution in [2.75, 3.05) is 0 Å². The molecule has 96 valence electrons. The minimum atomic E-state index is 0.132. The van der Waals surface area contributed by atoms with Gasteiger partial charge >= 0.3 is 0 Å². The molecule has 0 radical (unpaired) electrons. The first-order chi connectivity index (χ1) is 7.98. The summed E-state index contributed by atoms with van der Waals surface area (Å²) in [7, 11) is 0. The Morgan fingerprint density at radius 1 is 1.41 bits per heavy atom. The minimum absolute atomic E-state index is 0.132. The van der Waals surface area contributed by atoms with Crippen molar-refractivity contribution in [3.63, 3.8) is 0 Å². The zero-order valence-electron chi connectivity index (χ0n) is 11.9. The van der Waals surface area contributed by atoms with Crippen molar-refractivity contribution < 1.29 is 0 Å². The molecule has 0 amide bonds. The van der Waals surface area contributed by atoms with E-state index in [0.717, 1.165) is 23.7 Å². The van der Waals surface area contributed by atoms with Gasteiger partial charge in [0.1, 0.15) is 0 Å². The maximum Gasteiger partial charge on any atom is 0.0606 e. The molecule has 0 aromatic heterocycles. The molecule has 0 N–H and O–H groups in total. The number of fused-ring (bicyclic) bond motifs is 1. The highest BCUT2D eigenvalue weighted by atomic mass is 14.9. The summed E-state index contributed by atoms with van der Waals surface area (Å²) < 4.78 is 0. The van der Waals surface area contributed by atoms with Gasteiger partial charge in [-0.3, -0.25) is 4.99 Å². The third-order valence-electron chi connectivity index (χ3n) is 5.29. The van der Waals surface area contributed by atoms with Crippen molar-refractivity contribution in [1.82, 2.24) is 0 Å². The second-order valence-electron chi connectivity index (χ2n) is 6.70. The molecule has 0 unspecified atom stereocenters. The quantitative estimate of drug-likeness (QED) is 0.492. The first-order valence-electron chi connectivity index (χ1n) is 7.13. The van der Waals surface area contributed by atoms with Crippen LogP contribution in [-0.2, 0) is 0 Å². The van der Waals surface area contributed by atoms with Crippen LogP contribution in [0.3, 0.4) is 0 Å². The van der Waals surface area contributed by atoms with Gasteiger partial charge in [-0.05, 0) is 69.9 Å². The van der Waals surface area contributed by atoms with E-state index in [2.05, 4.69) is 45.5 Å². The number of aliphatic imine (C=N–C) groups is 1. The van der Waals surface area contributed by atoms with Crippen LogP contribution in [0.2, 0.25) is 0 Å². The van der Waals surface area contributed by atoms with E-state index in [0.29, 0.717) is 0 Å². The number of hydrogen-bond donors (Lipinski definition) is 0. The average molecular weight is 233 g/mol. The van der Waals surface area contributed by atoms with Crippen LogP contribution in [0.1, 0.15) is 53.4 Å². The van der Waals surface area contributed by atoms with Crippen LogP contribution in [0.5, 0.6) is 0 Å². The van der Waals surface area contributed by atoms with E-state index in [4.69, 9.17) is 0 Å². The van der Waals surface area contributed by atoms with E-state index in [1.54, 1.807) is 5.57 Å². The predicted octanol–water partition coefficient (Wildman–Crippen LogP) is 4.48. The largest absolute Gasteiger partial charge is 0.294 e. The van der Waals surface area contributed by atoms with Gasteiger partial charge in [-0.2, -0.15) is 0 Å². The normalized spacial score (nSPS) is 41.9. The van der Waals surface area contributed by atoms with Crippen LogP contribution in [0.25, 0.3) is 0 Å². The standard InChI is InChI=1S/C16H27N/c1-11(2)13-8-9-16(4,17-5)15-7-6-12(3)10-14(13)15/h10-11,13-15H,5-9H2,1-4H3/t13-,14-,15+,16+/m0/s1. The SMILES string of the molecule is C=N[C@]1(C)CC[C@@H](C(C)C)[C@@H]2C=C(C)CC[C@H]21. The third-order valence-corrected chi connectivity index (χ3v) is 5.29. The molecule has 0 aromatic carbocycles. The molecule has 2 rings (SSSR count). The number of allylic oxidation sites excluding steroid dienone is 2. The molecular weight excluding hydrogens is 206 g/mol. The Hall–Kier alpha value is -0.590. The first kappa shape index (κ1) is 12.9. The van der Waals surface area contributed by atoms with Gasteiger partial charge in [0, 0.05) is 0 Å². The van der Waals surface area contributed by atoms with Gasteiger partial charge in [-0.15, -0.1) is 0 Å². The van der Waals surface area contributed by atoms with Crippen molar-refractivity contribution in [2.24, 2.45) is 28.7 Å². The monoisotopic (exact) mass is 233 g/mol. The van der Waals surface area contributed by atoms with Crippen LogP contribution in [0.4, 0.5) is 0 Å². The van der Waals surface area contributed by atoms with E-state index >= 15 is 0 Å². The fourth-order valence-corrected chi connectivity index (χ4v) is 4.06. The van der Waals surface area contributed by atoms with Crippen molar-refractivity contribution >= 4 is 6.72 Å². The van der Waals surface area contributed by atoms with Crippen LogP contribution >= 0.6 is 0 Å². The second-order valence-corrected chi connectivity index (χ2v) is 6.70. The number of rotatable bonds is 2. The lowest BCUT2D eigenvalue weighted by Crippen LogP contribution is -2.47. The Morgan fingerprint density at radius 3 is 2.71 bits per heavy atom. The van der Waals surface area contributed by atoms with Crippen molar-refractivity contribution in [3.05, 3.63) is 11.6 Å². The first-order valence-corrected chi connectivity index (χ1v) is 7.13. The van der Waals surface area contributed by atoms with Crippen LogP contribution < -0.4 is 0 Å². The van der Waals surface area contributed by atoms with Gasteiger partial charge in [0.15, 0.2) is 0 Å². The van der Waals surface area contributed by atoms with Crippen LogP contribution in [-0.4, -0.2) is 12.3 Å². The van der Waals surface area contributed by atoms with Gasteiger partial charge in [0.25, 0.3) is 0 Å². The van der Waals surface area contributed by atoms with Crippen molar-refractivity contribution in [3.8, 4) is 0 Å². The fourth-order valence-electron chi connectivity index (χ4n) is 4.06. The number of nitrogens with zero attached hydrogens (tertiary/aromatic N) is 1. The molecule has 0 bridgehead atoms. The molecular formula is C16H27N. The molecule has 0 aliphatic heterocycles. The van der Waals surface area contributed by atoms with E-state index in [1.165, 1.54) is 25.7 Å². The highest BCUT2D eigenvalue weighted by Gasteiger charge is 2.46. The zero-order valence-corrected chi connectivity index (χ0v) is 11.9. The third kappa shape index (κ3) is 2.21. The van der Waals surface area contributed by atoms with Gasteiger partial charge < -0.3 is 0 Å². The molecule has 1 saturated carbocycles. The Morgan fingerprint density at radius 2 is 2.12 bits per heavy atom. The van der Waals surface area contributed by atoms with Crippen LogP contribution in [0.15, 0.2) is 16.6 Å². The van der Waals surface area contributed by atoms with E-state index < -0.39 is 0 Å². The van der Waals surface area contributed by atoms with Gasteiger partial charge in [-0.1, -0.05) is 25.5 Å². The lowest BCUT2D eigenvalue weighted by Gasteiger charge is -2.50. The Bertz CT molecular complexity index is 328. The molecule has 2 aliphatic carbocycles. The lowest BCUT2D eigenvalue weighted by molar-refractivity contribution is 0.0685. The predicted molar refractivity (Wildman–Crippen MR) is 75.5 cm³/mol. The fraction of sp³-hybridized carbons (Fsp3) is 0.812. The molecule has 0 spiro atoms. The summed E-state index contributed by atoms with van der Waals surface area (Å²) in [5.41, 5.74) is 1.72. The summed E-state index contributed by atoms with van der Waals surface area (Å²) in [4.78, 5) is 4.50. The summed E-state index contributed by atoms with van der Waals surface area (Å²) >= 11 is 0. The van der Waals surface area contributed by atoms with E-state index in [9.17, 15) is 0 Å². The summed E-state index contributed by atoms with van der Waals surface area (Å²) in [5.74, 6) is 3.11. The Kier molecular flexibility index (Phi) is 3.47. The van der Waals surface area contributed by atoms with E-state index in [-0.39, 0.29) is 5.54 Å². The molecule has 0 heterocycles. The highest BCUT2D eigenvalue weighted by Crippen LogP contribution is 2.51. The molecule has 2 aliphatic rings. The van der Waals surface area contributed by atoms with Gasteiger partial charge in [-0.25, -0.2) is 0 Å². The number of hydrogen-bond acceptors (Lipinski definition) is 1. The Balaban J connectivity index is 2.32. The summed E-state index contributed by atoms with van der Waals surface area (Å²) in [6.07, 6.45) is 7.68. The average Bonchev–Trinajstić information content (AvgIpc) is 2.28. The molecule has 17 heavy (non-hydrogen) atoms. The topological polar surface area (TPSA) is 12.4 Å². The minimum Gasteiger partial charge on any atom is -0.294 e. The maximum absolute atomic E-state index is 4.50. The van der Waals surface area contributed by atoms with Gasteiger partial charge in [0.05, 0.1) is 5.54 Å². The summed E-state index contributed by atoms with van der Waals surface area (Å²) in [6, 6.07) is 0. The lowest BCUT2D eigenvalue weighted by atomic mass is 9.57. The smallest absolute Gasteiger partial charge is 0.0606 e. The maximum atomic E-state index is 4.50. The highest BCUT2D eigenvalue weighted by molar-refractivity contribution is 5.28. The Labute approximate surface area is 106 Å². The van der Waals surface area contributed by atoms with E-state index in [1.807, 2.05) is 0 Å². The summed E-state index contributed by atoms with van der Waals surface area (Å²) in [6.45, 7) is 13.2. The molecule has 4 atom stereocenters. The second kappa shape index (κ2) is 4.59. The molecule has 0 aromatic rings. The molecule has 1 nitrogen and oxygen atoms in total. The summed E-state index contributed by atoms with van der Waals surface area (Å²) in [5, 5.41) is 0. The molecule has 1 fully saturated rings. The molecule has 0 saturated heterocycles. The van der Waals surface area contributed by atoms with Gasteiger partial charge in [0.2, 0.25) is 0 Å². The molecule has 1 heteroatoms. The van der Waals surface area contributed by atoms with Crippen molar-refractivity contribution in [2.45, 2.75) is 58.9 Å². The van der Waals surface area contributed by atoms with Crippen molar-refractivity contribution in [1.29, 1.82) is 0 Å². The van der Waals surface area contributed by atoms with Crippen LogP contribution in [0, 0.1) is 23.7 Å².